The molecule has 5 nitrogen and oxygen atoms in total. The monoisotopic (exact) mass is 330 g/mol. The van der Waals surface area contributed by atoms with Gasteiger partial charge >= 0.3 is 0 Å². The van der Waals surface area contributed by atoms with E-state index in [4.69, 9.17) is 9.41 Å². The van der Waals surface area contributed by atoms with E-state index in [1.807, 2.05) is 6.07 Å². The van der Waals surface area contributed by atoms with E-state index in [-0.39, 0.29) is 6.04 Å². The van der Waals surface area contributed by atoms with E-state index in [0.717, 1.165) is 50.7 Å². The summed E-state index contributed by atoms with van der Waals surface area (Å²) in [7, 11) is 0. The predicted octanol–water partition coefficient (Wildman–Crippen LogP) is 3.08. The van der Waals surface area contributed by atoms with Gasteiger partial charge in [-0.25, -0.2) is 0 Å². The summed E-state index contributed by atoms with van der Waals surface area (Å²) in [5.41, 5.74) is 0. The second kappa shape index (κ2) is 8.92. The van der Waals surface area contributed by atoms with Crippen LogP contribution in [-0.4, -0.2) is 43.1 Å². The third-order valence-electron chi connectivity index (χ3n) is 4.82. The molecule has 2 heterocycles. The Balaban J connectivity index is 1.67. The third-order valence-corrected chi connectivity index (χ3v) is 4.82. The largest absolute Gasteiger partial charge is 0.468 e. The highest BCUT2D eigenvalue weighted by molar-refractivity contribution is 5.80. The fraction of sp³-hybridized carbons (Fsp3) is 0.632. The maximum atomic E-state index is 5.71. The summed E-state index contributed by atoms with van der Waals surface area (Å²) in [6.45, 7) is 5.98. The van der Waals surface area contributed by atoms with Crippen LogP contribution in [0.2, 0.25) is 0 Å². The van der Waals surface area contributed by atoms with Crippen LogP contribution in [-0.2, 0) is 0 Å². The molecule has 0 amide bonds. The van der Waals surface area contributed by atoms with Crippen molar-refractivity contribution in [3.8, 4) is 0 Å². The van der Waals surface area contributed by atoms with Crippen molar-refractivity contribution in [2.75, 3.05) is 26.2 Å². The van der Waals surface area contributed by atoms with Gasteiger partial charge in [-0.2, -0.15) is 0 Å². The topological polar surface area (TPSA) is 52.8 Å². The van der Waals surface area contributed by atoms with Crippen molar-refractivity contribution in [3.63, 3.8) is 0 Å². The number of hydrogen-bond acceptors (Lipinski definition) is 3. The Morgan fingerprint density at radius 2 is 2.08 bits per heavy atom. The molecule has 1 aliphatic carbocycles. The molecule has 5 heteroatoms. The van der Waals surface area contributed by atoms with E-state index in [0.29, 0.717) is 6.04 Å². The zero-order chi connectivity index (χ0) is 16.6. The van der Waals surface area contributed by atoms with Gasteiger partial charge in [0.15, 0.2) is 5.96 Å². The molecule has 24 heavy (non-hydrogen) atoms. The first-order valence-corrected chi connectivity index (χ1v) is 9.34. The summed E-state index contributed by atoms with van der Waals surface area (Å²) in [6.07, 6.45) is 12.3. The SMILES string of the molecule is CCNC(=NCC(c1ccco1)N1CCCCC1)NC1CC=CC1. The fourth-order valence-corrected chi connectivity index (χ4v) is 3.52. The molecule has 0 radical (unpaired) electrons. The van der Waals surface area contributed by atoms with Gasteiger partial charge in [-0.3, -0.25) is 9.89 Å². The lowest BCUT2D eigenvalue weighted by Crippen LogP contribution is -2.43. The second-order valence-electron chi connectivity index (χ2n) is 6.63. The first-order valence-electron chi connectivity index (χ1n) is 9.34. The molecule has 2 aliphatic rings. The minimum Gasteiger partial charge on any atom is -0.468 e. The lowest BCUT2D eigenvalue weighted by Gasteiger charge is -2.32. The molecule has 2 N–H and O–H groups in total. The molecular formula is C19H30N4O. The van der Waals surface area contributed by atoms with Crippen molar-refractivity contribution in [1.29, 1.82) is 0 Å². The van der Waals surface area contributed by atoms with Gasteiger partial charge in [-0.15, -0.1) is 0 Å². The number of nitrogens with one attached hydrogen (secondary N) is 2. The zero-order valence-electron chi connectivity index (χ0n) is 14.7. The maximum Gasteiger partial charge on any atom is 0.191 e. The van der Waals surface area contributed by atoms with Gasteiger partial charge in [0.05, 0.1) is 18.8 Å². The number of nitrogens with zero attached hydrogens (tertiary/aromatic N) is 2. The van der Waals surface area contributed by atoms with Crippen LogP contribution in [0.3, 0.4) is 0 Å². The third kappa shape index (κ3) is 4.63. The summed E-state index contributed by atoms with van der Waals surface area (Å²) in [4.78, 5) is 7.39. The molecule has 1 atom stereocenters. The van der Waals surface area contributed by atoms with Crippen LogP contribution in [0.4, 0.5) is 0 Å². The van der Waals surface area contributed by atoms with Crippen molar-refractivity contribution < 1.29 is 4.42 Å². The number of rotatable bonds is 6. The van der Waals surface area contributed by atoms with Crippen molar-refractivity contribution >= 4 is 5.96 Å². The number of piperidine rings is 1. The van der Waals surface area contributed by atoms with Gasteiger partial charge in [-0.05, 0) is 57.8 Å². The van der Waals surface area contributed by atoms with Gasteiger partial charge in [0.1, 0.15) is 5.76 Å². The van der Waals surface area contributed by atoms with Gasteiger partial charge in [0.2, 0.25) is 0 Å². The van der Waals surface area contributed by atoms with Crippen LogP contribution < -0.4 is 10.6 Å². The highest BCUT2D eigenvalue weighted by Crippen LogP contribution is 2.25. The van der Waals surface area contributed by atoms with Crippen LogP contribution in [0.15, 0.2) is 40.0 Å². The molecule has 0 bridgehead atoms. The van der Waals surface area contributed by atoms with Crippen molar-refractivity contribution in [1.82, 2.24) is 15.5 Å². The highest BCUT2D eigenvalue weighted by Gasteiger charge is 2.24. The molecule has 1 aromatic heterocycles. The Morgan fingerprint density at radius 3 is 2.75 bits per heavy atom. The predicted molar refractivity (Wildman–Crippen MR) is 98.1 cm³/mol. The fourth-order valence-electron chi connectivity index (χ4n) is 3.52. The Kier molecular flexibility index (Phi) is 6.35. The Bertz CT molecular complexity index is 524. The smallest absolute Gasteiger partial charge is 0.191 e. The minimum absolute atomic E-state index is 0.234. The molecule has 0 aromatic carbocycles. The lowest BCUT2D eigenvalue weighted by molar-refractivity contribution is 0.150. The summed E-state index contributed by atoms with van der Waals surface area (Å²) >= 11 is 0. The van der Waals surface area contributed by atoms with Gasteiger partial charge < -0.3 is 15.1 Å². The average molecular weight is 330 g/mol. The summed E-state index contributed by atoms with van der Waals surface area (Å²) in [5, 5.41) is 6.92. The van der Waals surface area contributed by atoms with Gasteiger partial charge in [-0.1, -0.05) is 18.6 Å². The van der Waals surface area contributed by atoms with Gasteiger partial charge in [0, 0.05) is 12.6 Å². The molecule has 132 valence electrons. The summed E-state index contributed by atoms with van der Waals surface area (Å²) < 4.78 is 5.71. The maximum absolute atomic E-state index is 5.71. The van der Waals surface area contributed by atoms with Crippen LogP contribution in [0, 0.1) is 0 Å². The highest BCUT2D eigenvalue weighted by atomic mass is 16.3. The number of aliphatic imine (C=N–C) groups is 1. The van der Waals surface area contributed by atoms with Crippen LogP contribution >= 0.6 is 0 Å². The first-order chi connectivity index (χ1) is 11.9. The van der Waals surface area contributed by atoms with E-state index < -0.39 is 0 Å². The molecule has 1 saturated heterocycles. The zero-order valence-corrected chi connectivity index (χ0v) is 14.7. The molecule has 1 aliphatic heterocycles. The Labute approximate surface area is 145 Å². The van der Waals surface area contributed by atoms with Crippen LogP contribution in [0.25, 0.3) is 0 Å². The van der Waals surface area contributed by atoms with Gasteiger partial charge in [0.25, 0.3) is 0 Å². The van der Waals surface area contributed by atoms with E-state index in [9.17, 15) is 0 Å². The molecular weight excluding hydrogens is 300 g/mol. The normalized spacial score (nSPS) is 21.1. The minimum atomic E-state index is 0.234. The summed E-state index contributed by atoms with van der Waals surface area (Å²) in [6, 6.07) is 4.76. The molecule has 3 rings (SSSR count). The van der Waals surface area contributed by atoms with Crippen molar-refractivity contribution in [2.45, 2.75) is 51.1 Å². The second-order valence-corrected chi connectivity index (χ2v) is 6.63. The van der Waals surface area contributed by atoms with E-state index in [1.54, 1.807) is 6.26 Å². The average Bonchev–Trinajstić information content (AvgIpc) is 3.30. The number of furan rings is 1. The lowest BCUT2D eigenvalue weighted by atomic mass is 10.1. The molecule has 0 spiro atoms. The number of hydrogen-bond donors (Lipinski definition) is 2. The van der Waals surface area contributed by atoms with Crippen LogP contribution in [0.5, 0.6) is 0 Å². The Hall–Kier alpha value is -1.75. The first kappa shape index (κ1) is 17.1. The molecule has 0 saturated carbocycles. The quantitative estimate of drug-likeness (QED) is 0.478. The molecule has 1 unspecified atom stereocenters. The number of likely N-dealkylation sites (tertiary alicyclic amines) is 1. The molecule has 1 fully saturated rings. The van der Waals surface area contributed by atoms with E-state index in [2.05, 4.69) is 40.7 Å². The van der Waals surface area contributed by atoms with E-state index >= 15 is 0 Å². The van der Waals surface area contributed by atoms with Crippen molar-refractivity contribution in [3.05, 3.63) is 36.3 Å². The van der Waals surface area contributed by atoms with Crippen molar-refractivity contribution in [2.24, 2.45) is 4.99 Å². The number of guanidine groups is 1. The standard InChI is InChI=1S/C19H30N4O/c1-2-20-19(22-16-9-4-5-10-16)21-15-17(18-11-8-14-24-18)23-12-6-3-7-13-23/h4-5,8,11,14,16-17H,2-3,6-7,9-10,12-13,15H2,1H3,(H2,20,21,22). The van der Waals surface area contributed by atoms with E-state index in [1.165, 1.54) is 19.3 Å². The summed E-state index contributed by atoms with van der Waals surface area (Å²) in [5.74, 6) is 1.94. The van der Waals surface area contributed by atoms with Crippen LogP contribution in [0.1, 0.15) is 50.8 Å². The Morgan fingerprint density at radius 1 is 1.29 bits per heavy atom. The molecule has 1 aromatic rings.